The highest BCUT2D eigenvalue weighted by Gasteiger charge is 2.24. The SMILES string of the molecule is Cc1cc2nc(NCc3ccccn3)nc(C(=O)N3CCCC3)c2s1. The lowest BCUT2D eigenvalue weighted by Crippen LogP contribution is -2.28. The number of amides is 1. The molecule has 0 spiro atoms. The number of nitrogens with one attached hydrogen (secondary N) is 1. The Bertz CT molecular complexity index is 902. The number of thiophene rings is 1. The molecule has 0 radical (unpaired) electrons. The van der Waals surface area contributed by atoms with Crippen LogP contribution in [0.2, 0.25) is 0 Å². The first-order valence-electron chi connectivity index (χ1n) is 8.42. The molecule has 0 unspecified atom stereocenters. The molecule has 128 valence electrons. The molecule has 0 atom stereocenters. The fourth-order valence-corrected chi connectivity index (χ4v) is 3.95. The monoisotopic (exact) mass is 353 g/mol. The van der Waals surface area contributed by atoms with Gasteiger partial charge in [-0.2, -0.15) is 0 Å². The third-order valence-electron chi connectivity index (χ3n) is 4.24. The molecule has 1 N–H and O–H groups in total. The van der Waals surface area contributed by atoms with Crippen molar-refractivity contribution in [2.75, 3.05) is 18.4 Å². The van der Waals surface area contributed by atoms with Crippen molar-refractivity contribution >= 4 is 33.4 Å². The van der Waals surface area contributed by atoms with Crippen molar-refractivity contribution in [3.8, 4) is 0 Å². The van der Waals surface area contributed by atoms with Gasteiger partial charge in [-0.3, -0.25) is 9.78 Å². The zero-order valence-electron chi connectivity index (χ0n) is 14.0. The number of anilines is 1. The summed E-state index contributed by atoms with van der Waals surface area (Å²) in [5, 5.41) is 3.20. The van der Waals surface area contributed by atoms with Crippen molar-refractivity contribution in [3.05, 3.63) is 46.7 Å². The van der Waals surface area contributed by atoms with Gasteiger partial charge in [-0.05, 0) is 38.0 Å². The Morgan fingerprint density at radius 1 is 1.28 bits per heavy atom. The number of hydrogen-bond acceptors (Lipinski definition) is 6. The second kappa shape index (κ2) is 6.76. The maximum Gasteiger partial charge on any atom is 0.274 e. The number of pyridine rings is 1. The lowest BCUT2D eigenvalue weighted by molar-refractivity contribution is 0.0789. The maximum atomic E-state index is 12.9. The molecule has 1 saturated heterocycles. The van der Waals surface area contributed by atoms with E-state index in [2.05, 4.69) is 20.3 Å². The fourth-order valence-electron chi connectivity index (χ4n) is 3.02. The van der Waals surface area contributed by atoms with Gasteiger partial charge in [0.2, 0.25) is 5.95 Å². The summed E-state index contributed by atoms with van der Waals surface area (Å²) < 4.78 is 0.873. The summed E-state index contributed by atoms with van der Waals surface area (Å²) in [7, 11) is 0. The average molecular weight is 353 g/mol. The highest BCUT2D eigenvalue weighted by molar-refractivity contribution is 7.19. The number of carbonyl (C=O) groups is 1. The molecule has 1 aliphatic rings. The highest BCUT2D eigenvalue weighted by atomic mass is 32.1. The number of nitrogens with zero attached hydrogens (tertiary/aromatic N) is 4. The number of aryl methyl sites for hydroxylation is 1. The quantitative estimate of drug-likeness (QED) is 0.780. The van der Waals surface area contributed by atoms with Crippen molar-refractivity contribution in [2.45, 2.75) is 26.3 Å². The normalized spacial score (nSPS) is 14.2. The van der Waals surface area contributed by atoms with Gasteiger partial charge in [0.15, 0.2) is 5.69 Å². The zero-order valence-corrected chi connectivity index (χ0v) is 14.8. The molecule has 3 aromatic heterocycles. The van der Waals surface area contributed by atoms with E-state index in [1.807, 2.05) is 36.1 Å². The molecule has 1 aliphatic heterocycles. The number of rotatable bonds is 4. The highest BCUT2D eigenvalue weighted by Crippen LogP contribution is 2.28. The van der Waals surface area contributed by atoms with Gasteiger partial charge in [-0.1, -0.05) is 6.07 Å². The molecule has 1 fully saturated rings. The van der Waals surface area contributed by atoms with E-state index in [9.17, 15) is 4.79 Å². The van der Waals surface area contributed by atoms with Gasteiger partial charge < -0.3 is 10.2 Å². The molecular weight excluding hydrogens is 334 g/mol. The van der Waals surface area contributed by atoms with Crippen LogP contribution in [0, 0.1) is 6.92 Å². The summed E-state index contributed by atoms with van der Waals surface area (Å²) in [4.78, 5) is 29.3. The molecule has 7 heteroatoms. The van der Waals surface area contributed by atoms with Gasteiger partial charge in [0.05, 0.1) is 22.5 Å². The number of fused-ring (bicyclic) bond motifs is 1. The number of aromatic nitrogens is 3. The average Bonchev–Trinajstić information content (AvgIpc) is 3.28. The smallest absolute Gasteiger partial charge is 0.274 e. The predicted molar refractivity (Wildman–Crippen MR) is 98.9 cm³/mol. The Labute approximate surface area is 149 Å². The van der Waals surface area contributed by atoms with E-state index in [4.69, 9.17) is 0 Å². The third kappa shape index (κ3) is 3.32. The number of carbonyl (C=O) groups excluding carboxylic acids is 1. The van der Waals surface area contributed by atoms with Crippen LogP contribution in [0.4, 0.5) is 5.95 Å². The first-order valence-corrected chi connectivity index (χ1v) is 9.23. The van der Waals surface area contributed by atoms with E-state index in [1.54, 1.807) is 17.5 Å². The molecule has 0 aliphatic carbocycles. The predicted octanol–water partition coefficient (Wildman–Crippen LogP) is 3.24. The Kier molecular flexibility index (Phi) is 4.31. The van der Waals surface area contributed by atoms with Crippen LogP contribution in [0.1, 0.15) is 33.9 Å². The largest absolute Gasteiger partial charge is 0.349 e. The second-order valence-corrected chi connectivity index (χ2v) is 7.40. The van der Waals surface area contributed by atoms with Gasteiger partial charge in [0.25, 0.3) is 5.91 Å². The van der Waals surface area contributed by atoms with Crippen molar-refractivity contribution in [1.82, 2.24) is 19.9 Å². The summed E-state index contributed by atoms with van der Waals surface area (Å²) in [6, 6.07) is 7.77. The molecule has 1 amide bonds. The summed E-state index contributed by atoms with van der Waals surface area (Å²) in [6.45, 7) is 4.17. The molecule has 4 rings (SSSR count). The van der Waals surface area contributed by atoms with Crippen LogP contribution in [0.25, 0.3) is 10.2 Å². The number of hydrogen-bond donors (Lipinski definition) is 1. The summed E-state index contributed by atoms with van der Waals surface area (Å²) in [6.07, 6.45) is 3.88. The van der Waals surface area contributed by atoms with Crippen LogP contribution in [0.15, 0.2) is 30.5 Å². The van der Waals surface area contributed by atoms with Gasteiger partial charge in [-0.15, -0.1) is 11.3 Å². The summed E-state index contributed by atoms with van der Waals surface area (Å²) in [5.74, 6) is 0.478. The molecule has 3 aromatic rings. The van der Waals surface area contributed by atoms with Crippen LogP contribution >= 0.6 is 11.3 Å². The minimum absolute atomic E-state index is 0.00707. The minimum Gasteiger partial charge on any atom is -0.349 e. The van der Waals surface area contributed by atoms with E-state index in [0.29, 0.717) is 18.2 Å². The first-order chi connectivity index (χ1) is 12.2. The van der Waals surface area contributed by atoms with Gasteiger partial charge in [-0.25, -0.2) is 9.97 Å². The van der Waals surface area contributed by atoms with Gasteiger partial charge >= 0.3 is 0 Å². The maximum absolute atomic E-state index is 12.9. The lowest BCUT2D eigenvalue weighted by atomic mass is 10.3. The molecule has 0 saturated carbocycles. The Morgan fingerprint density at radius 3 is 2.88 bits per heavy atom. The van der Waals surface area contributed by atoms with Crippen LogP contribution in [-0.4, -0.2) is 38.8 Å². The molecule has 25 heavy (non-hydrogen) atoms. The van der Waals surface area contributed by atoms with Crippen LogP contribution in [0.3, 0.4) is 0 Å². The molecule has 0 bridgehead atoms. The fraction of sp³-hybridized carbons (Fsp3) is 0.333. The Balaban J connectivity index is 1.66. The van der Waals surface area contributed by atoms with E-state index in [-0.39, 0.29) is 5.91 Å². The Morgan fingerprint density at radius 2 is 2.12 bits per heavy atom. The van der Waals surface area contributed by atoms with Gasteiger partial charge in [0.1, 0.15) is 0 Å². The zero-order chi connectivity index (χ0) is 17.2. The minimum atomic E-state index is 0.00707. The van der Waals surface area contributed by atoms with Crippen molar-refractivity contribution < 1.29 is 4.79 Å². The lowest BCUT2D eigenvalue weighted by Gasteiger charge is -2.15. The van der Waals surface area contributed by atoms with Crippen LogP contribution in [-0.2, 0) is 6.54 Å². The van der Waals surface area contributed by atoms with E-state index < -0.39 is 0 Å². The van der Waals surface area contributed by atoms with E-state index in [0.717, 1.165) is 46.7 Å². The van der Waals surface area contributed by atoms with Crippen molar-refractivity contribution in [1.29, 1.82) is 0 Å². The van der Waals surface area contributed by atoms with Gasteiger partial charge in [0, 0.05) is 24.2 Å². The molecule has 4 heterocycles. The Hall–Kier alpha value is -2.54. The third-order valence-corrected chi connectivity index (χ3v) is 5.29. The van der Waals surface area contributed by atoms with Crippen LogP contribution < -0.4 is 5.32 Å². The standard InChI is InChI=1S/C18H19N5OS/c1-12-10-14-16(25-12)15(17(24)23-8-4-5-9-23)22-18(21-14)20-11-13-6-2-3-7-19-13/h2-3,6-7,10H,4-5,8-9,11H2,1H3,(H,20,21,22). The second-order valence-electron chi connectivity index (χ2n) is 6.14. The van der Waals surface area contributed by atoms with E-state index >= 15 is 0 Å². The van der Waals surface area contributed by atoms with Crippen molar-refractivity contribution in [2.24, 2.45) is 0 Å². The first kappa shape index (κ1) is 16.0. The summed E-state index contributed by atoms with van der Waals surface area (Å²) >= 11 is 1.58. The van der Waals surface area contributed by atoms with E-state index in [1.165, 1.54) is 0 Å². The molecular formula is C18H19N5OS. The number of likely N-dealkylation sites (tertiary alicyclic amines) is 1. The molecule has 6 nitrogen and oxygen atoms in total. The van der Waals surface area contributed by atoms with Crippen LogP contribution in [0.5, 0.6) is 0 Å². The summed E-state index contributed by atoms with van der Waals surface area (Å²) in [5.41, 5.74) is 2.23. The topological polar surface area (TPSA) is 71.0 Å². The van der Waals surface area contributed by atoms with Crippen molar-refractivity contribution in [3.63, 3.8) is 0 Å². The molecule has 0 aromatic carbocycles.